The Balaban J connectivity index is 1.98. The number of anilines is 1. The molecular formula is C17H23ClN2O3. The number of nitrogens with one attached hydrogen (secondary N) is 1. The highest BCUT2D eigenvalue weighted by molar-refractivity contribution is 6.39. The number of hydrogen-bond acceptors (Lipinski definition) is 3. The van der Waals surface area contributed by atoms with Crippen LogP contribution in [0.1, 0.15) is 31.7 Å². The van der Waals surface area contributed by atoms with Crippen LogP contribution in [0.15, 0.2) is 18.2 Å². The van der Waals surface area contributed by atoms with Crippen molar-refractivity contribution in [3.8, 4) is 0 Å². The first-order valence-corrected chi connectivity index (χ1v) is 8.26. The SMILES string of the molecule is CCC1(CO)CCN(C(=O)C(=O)Nc2cc(Cl)ccc2C)CC1. The van der Waals surface area contributed by atoms with Crippen LogP contribution in [-0.2, 0) is 9.59 Å². The average molecular weight is 339 g/mol. The van der Waals surface area contributed by atoms with Crippen LogP contribution in [0.5, 0.6) is 0 Å². The molecule has 1 heterocycles. The van der Waals surface area contributed by atoms with E-state index in [4.69, 9.17) is 11.6 Å². The quantitative estimate of drug-likeness (QED) is 0.832. The number of piperidine rings is 1. The first-order valence-electron chi connectivity index (χ1n) is 7.88. The number of aliphatic hydroxyl groups excluding tert-OH is 1. The van der Waals surface area contributed by atoms with E-state index < -0.39 is 11.8 Å². The molecule has 6 heteroatoms. The van der Waals surface area contributed by atoms with E-state index in [1.165, 1.54) is 0 Å². The summed E-state index contributed by atoms with van der Waals surface area (Å²) in [7, 11) is 0. The molecule has 0 unspecified atom stereocenters. The molecule has 0 saturated carbocycles. The molecule has 0 spiro atoms. The Morgan fingerprint density at radius 3 is 2.57 bits per heavy atom. The number of amides is 2. The molecule has 5 nitrogen and oxygen atoms in total. The van der Waals surface area contributed by atoms with Crippen molar-refractivity contribution in [3.05, 3.63) is 28.8 Å². The van der Waals surface area contributed by atoms with Gasteiger partial charge in [0.25, 0.3) is 0 Å². The van der Waals surface area contributed by atoms with Gasteiger partial charge < -0.3 is 15.3 Å². The second-order valence-corrected chi connectivity index (χ2v) is 6.65. The predicted octanol–water partition coefficient (Wildman–Crippen LogP) is 2.60. The zero-order valence-corrected chi connectivity index (χ0v) is 14.3. The second-order valence-electron chi connectivity index (χ2n) is 6.22. The van der Waals surface area contributed by atoms with Crippen LogP contribution < -0.4 is 5.32 Å². The molecule has 2 N–H and O–H groups in total. The summed E-state index contributed by atoms with van der Waals surface area (Å²) >= 11 is 5.92. The lowest BCUT2D eigenvalue weighted by atomic mass is 9.77. The molecule has 0 aliphatic carbocycles. The van der Waals surface area contributed by atoms with Crippen molar-refractivity contribution in [2.75, 3.05) is 25.0 Å². The lowest BCUT2D eigenvalue weighted by Crippen LogP contribution is -2.48. The monoisotopic (exact) mass is 338 g/mol. The Kier molecular flexibility index (Phi) is 5.65. The molecule has 23 heavy (non-hydrogen) atoms. The Morgan fingerprint density at radius 2 is 2.00 bits per heavy atom. The van der Waals surface area contributed by atoms with Gasteiger partial charge in [-0.25, -0.2) is 0 Å². The first-order chi connectivity index (χ1) is 10.9. The second kappa shape index (κ2) is 7.32. The minimum absolute atomic E-state index is 0.114. The number of hydrogen-bond donors (Lipinski definition) is 2. The van der Waals surface area contributed by atoms with Gasteiger partial charge in [0.05, 0.1) is 0 Å². The zero-order chi connectivity index (χ0) is 17.0. The maximum Gasteiger partial charge on any atom is 0.313 e. The summed E-state index contributed by atoms with van der Waals surface area (Å²) in [5, 5.41) is 12.7. The molecule has 1 saturated heterocycles. The highest BCUT2D eigenvalue weighted by atomic mass is 35.5. The third kappa shape index (κ3) is 4.03. The fraction of sp³-hybridized carbons (Fsp3) is 0.529. The van der Waals surface area contributed by atoms with E-state index >= 15 is 0 Å². The van der Waals surface area contributed by atoms with Gasteiger partial charge in [-0.05, 0) is 49.3 Å². The Hall–Kier alpha value is -1.59. The van der Waals surface area contributed by atoms with Gasteiger partial charge in [-0.3, -0.25) is 9.59 Å². The van der Waals surface area contributed by atoms with Gasteiger partial charge in [0.2, 0.25) is 0 Å². The molecule has 0 aromatic heterocycles. The summed E-state index contributed by atoms with van der Waals surface area (Å²) < 4.78 is 0. The highest BCUT2D eigenvalue weighted by Crippen LogP contribution is 2.34. The minimum atomic E-state index is -0.650. The smallest absolute Gasteiger partial charge is 0.313 e. The van der Waals surface area contributed by atoms with Crippen LogP contribution in [-0.4, -0.2) is 41.5 Å². The van der Waals surface area contributed by atoms with E-state index in [0.717, 1.165) is 24.8 Å². The third-order valence-corrected chi connectivity index (χ3v) is 5.07. The van der Waals surface area contributed by atoms with Crippen molar-refractivity contribution in [2.24, 2.45) is 5.41 Å². The van der Waals surface area contributed by atoms with Crippen LogP contribution in [0.3, 0.4) is 0 Å². The lowest BCUT2D eigenvalue weighted by Gasteiger charge is -2.39. The van der Waals surface area contributed by atoms with Gasteiger partial charge in [-0.2, -0.15) is 0 Å². The van der Waals surface area contributed by atoms with Gasteiger partial charge in [-0.15, -0.1) is 0 Å². The largest absolute Gasteiger partial charge is 0.396 e. The minimum Gasteiger partial charge on any atom is -0.396 e. The zero-order valence-electron chi connectivity index (χ0n) is 13.6. The number of carbonyl (C=O) groups excluding carboxylic acids is 2. The fourth-order valence-corrected chi connectivity index (χ4v) is 3.03. The average Bonchev–Trinajstić information content (AvgIpc) is 2.57. The summed E-state index contributed by atoms with van der Waals surface area (Å²) in [6.45, 7) is 5.00. The van der Waals surface area contributed by atoms with Crippen LogP contribution in [0.25, 0.3) is 0 Å². The molecule has 2 rings (SSSR count). The van der Waals surface area contributed by atoms with Crippen molar-refractivity contribution in [2.45, 2.75) is 33.1 Å². The summed E-state index contributed by atoms with van der Waals surface area (Å²) in [4.78, 5) is 26.0. The maximum atomic E-state index is 12.3. The third-order valence-electron chi connectivity index (χ3n) is 4.84. The first kappa shape index (κ1) is 17.8. The predicted molar refractivity (Wildman–Crippen MR) is 90.4 cm³/mol. The van der Waals surface area contributed by atoms with Gasteiger partial charge in [0.1, 0.15) is 0 Å². The summed E-state index contributed by atoms with van der Waals surface area (Å²) in [6.07, 6.45) is 2.31. The normalized spacial score (nSPS) is 17.0. The molecule has 2 amide bonds. The van der Waals surface area contributed by atoms with Crippen LogP contribution in [0, 0.1) is 12.3 Å². The van der Waals surface area contributed by atoms with Crippen molar-refractivity contribution < 1.29 is 14.7 Å². The van der Waals surface area contributed by atoms with Crippen molar-refractivity contribution in [1.29, 1.82) is 0 Å². The molecule has 1 fully saturated rings. The van der Waals surface area contributed by atoms with Crippen LogP contribution in [0.2, 0.25) is 5.02 Å². The molecule has 0 atom stereocenters. The van der Waals surface area contributed by atoms with Gasteiger partial charge >= 0.3 is 11.8 Å². The van der Waals surface area contributed by atoms with E-state index in [2.05, 4.69) is 5.32 Å². The number of rotatable bonds is 3. The highest BCUT2D eigenvalue weighted by Gasteiger charge is 2.35. The van der Waals surface area contributed by atoms with Crippen molar-refractivity contribution >= 4 is 29.1 Å². The summed E-state index contributed by atoms with van der Waals surface area (Å²) in [5.74, 6) is -1.18. The Morgan fingerprint density at radius 1 is 1.35 bits per heavy atom. The van der Waals surface area contributed by atoms with Crippen LogP contribution in [0.4, 0.5) is 5.69 Å². The number of nitrogens with zero attached hydrogens (tertiary/aromatic N) is 1. The van der Waals surface area contributed by atoms with Gasteiger partial charge in [0, 0.05) is 30.4 Å². The molecular weight excluding hydrogens is 316 g/mol. The molecule has 1 aromatic carbocycles. The van der Waals surface area contributed by atoms with Crippen molar-refractivity contribution in [3.63, 3.8) is 0 Å². The maximum absolute atomic E-state index is 12.3. The summed E-state index contributed by atoms with van der Waals surface area (Å²) in [6, 6.07) is 5.16. The van der Waals surface area contributed by atoms with Gasteiger partial charge in [-0.1, -0.05) is 24.6 Å². The Labute approximate surface area is 141 Å². The number of likely N-dealkylation sites (tertiary alicyclic amines) is 1. The van der Waals surface area contributed by atoms with E-state index in [1.807, 2.05) is 13.8 Å². The van der Waals surface area contributed by atoms with E-state index in [-0.39, 0.29) is 12.0 Å². The molecule has 0 radical (unpaired) electrons. The van der Waals surface area contributed by atoms with Crippen LogP contribution >= 0.6 is 11.6 Å². The lowest BCUT2D eigenvalue weighted by molar-refractivity contribution is -0.145. The summed E-state index contributed by atoms with van der Waals surface area (Å²) in [5.41, 5.74) is 1.28. The number of halogens is 1. The number of carbonyl (C=O) groups is 2. The topological polar surface area (TPSA) is 69.6 Å². The molecule has 0 bridgehead atoms. The number of aliphatic hydroxyl groups is 1. The fourth-order valence-electron chi connectivity index (χ4n) is 2.86. The molecule has 126 valence electrons. The molecule has 1 aliphatic rings. The molecule has 1 aromatic rings. The number of benzene rings is 1. The van der Waals surface area contributed by atoms with E-state index in [9.17, 15) is 14.7 Å². The standard InChI is InChI=1S/C17H23ClN2O3/c1-3-17(11-21)6-8-20(9-7-17)16(23)15(22)19-14-10-13(18)5-4-12(14)2/h4-5,10,21H,3,6-9,11H2,1-2H3,(H,19,22). The molecule has 1 aliphatic heterocycles. The Bertz CT molecular complexity index is 590. The van der Waals surface area contributed by atoms with E-state index in [0.29, 0.717) is 23.8 Å². The van der Waals surface area contributed by atoms with E-state index in [1.54, 1.807) is 23.1 Å². The van der Waals surface area contributed by atoms with Crippen molar-refractivity contribution in [1.82, 2.24) is 4.90 Å². The van der Waals surface area contributed by atoms with Gasteiger partial charge in [0.15, 0.2) is 0 Å². The number of aryl methyl sites for hydroxylation is 1.